The molecule has 1 N–H and O–H groups in total. The average Bonchev–Trinajstić information content (AvgIpc) is 3.10. The summed E-state index contributed by atoms with van der Waals surface area (Å²) in [6.07, 6.45) is 13.3. The highest BCUT2D eigenvalue weighted by Crippen LogP contribution is 2.34. The van der Waals surface area contributed by atoms with Crippen LogP contribution in [-0.4, -0.2) is 30.6 Å². The van der Waals surface area contributed by atoms with Gasteiger partial charge in [0.05, 0.1) is 16.1 Å². The van der Waals surface area contributed by atoms with Gasteiger partial charge in [-0.1, -0.05) is 44.7 Å². The summed E-state index contributed by atoms with van der Waals surface area (Å²) in [6, 6.07) is 1.79. The SMILES string of the molecule is CCCCc1cn(CC2CCC(C)CC2)c2c(-c3cncc(Cl)c3)nc(C(=O)O)nc12. The summed E-state index contributed by atoms with van der Waals surface area (Å²) in [5, 5.41) is 10.1. The molecule has 3 aromatic rings. The highest BCUT2D eigenvalue weighted by atomic mass is 35.5. The van der Waals surface area contributed by atoms with Gasteiger partial charge in [0.15, 0.2) is 0 Å². The van der Waals surface area contributed by atoms with Crippen molar-refractivity contribution in [3.63, 3.8) is 0 Å². The summed E-state index contributed by atoms with van der Waals surface area (Å²) in [4.78, 5) is 24.9. The van der Waals surface area contributed by atoms with Crippen LogP contribution < -0.4 is 0 Å². The third-order valence-electron chi connectivity index (χ3n) is 6.35. The van der Waals surface area contributed by atoms with Crippen molar-refractivity contribution in [2.45, 2.75) is 65.3 Å². The average molecular weight is 441 g/mol. The van der Waals surface area contributed by atoms with Crippen molar-refractivity contribution < 1.29 is 9.90 Å². The lowest BCUT2D eigenvalue weighted by molar-refractivity contribution is 0.0684. The van der Waals surface area contributed by atoms with Crippen molar-refractivity contribution in [1.29, 1.82) is 0 Å². The second kappa shape index (κ2) is 9.35. The van der Waals surface area contributed by atoms with Gasteiger partial charge in [0.2, 0.25) is 5.82 Å². The minimum atomic E-state index is -1.13. The maximum Gasteiger partial charge on any atom is 0.373 e. The Kier molecular flexibility index (Phi) is 6.56. The normalized spacial score (nSPS) is 19.1. The summed E-state index contributed by atoms with van der Waals surface area (Å²) < 4.78 is 2.25. The Morgan fingerprint density at radius 3 is 2.68 bits per heavy atom. The zero-order valence-corrected chi connectivity index (χ0v) is 18.9. The molecule has 3 heterocycles. The Labute approximate surface area is 187 Å². The van der Waals surface area contributed by atoms with Crippen molar-refractivity contribution in [2.75, 3.05) is 0 Å². The van der Waals surface area contributed by atoms with Gasteiger partial charge in [0.25, 0.3) is 0 Å². The smallest absolute Gasteiger partial charge is 0.373 e. The first-order chi connectivity index (χ1) is 15.0. The van der Waals surface area contributed by atoms with Gasteiger partial charge < -0.3 is 9.67 Å². The van der Waals surface area contributed by atoms with E-state index in [0.717, 1.165) is 48.3 Å². The van der Waals surface area contributed by atoms with Crippen LogP contribution in [0.4, 0.5) is 0 Å². The summed E-state index contributed by atoms with van der Waals surface area (Å²) in [6.45, 7) is 5.38. The number of carboxylic acid groups (broad SMARTS) is 1. The molecular weight excluding hydrogens is 412 g/mol. The van der Waals surface area contributed by atoms with Gasteiger partial charge in [-0.3, -0.25) is 4.98 Å². The van der Waals surface area contributed by atoms with Gasteiger partial charge in [0, 0.05) is 30.7 Å². The molecule has 1 aliphatic rings. The molecule has 31 heavy (non-hydrogen) atoms. The highest BCUT2D eigenvalue weighted by molar-refractivity contribution is 6.30. The Balaban J connectivity index is 1.88. The predicted molar refractivity (Wildman–Crippen MR) is 122 cm³/mol. The lowest BCUT2D eigenvalue weighted by Gasteiger charge is -2.26. The van der Waals surface area contributed by atoms with E-state index in [1.54, 1.807) is 18.5 Å². The van der Waals surface area contributed by atoms with Crippen molar-refractivity contribution in [3.05, 3.63) is 41.1 Å². The number of fused-ring (bicyclic) bond motifs is 1. The fraction of sp³-hybridized carbons (Fsp3) is 0.500. The molecule has 0 radical (unpaired) electrons. The van der Waals surface area contributed by atoms with Crippen LogP contribution in [0.3, 0.4) is 0 Å². The third-order valence-corrected chi connectivity index (χ3v) is 6.55. The number of carboxylic acids is 1. The molecule has 0 unspecified atom stereocenters. The molecule has 4 rings (SSSR count). The van der Waals surface area contributed by atoms with E-state index in [9.17, 15) is 9.90 Å². The second-order valence-electron chi connectivity index (χ2n) is 8.83. The van der Waals surface area contributed by atoms with E-state index in [2.05, 4.69) is 39.6 Å². The Hall–Kier alpha value is -2.47. The number of unbranched alkanes of at least 4 members (excludes halogenated alkanes) is 1. The number of halogens is 1. The van der Waals surface area contributed by atoms with Crippen molar-refractivity contribution in [3.8, 4) is 11.3 Å². The molecular formula is C24H29ClN4O2. The van der Waals surface area contributed by atoms with Crippen LogP contribution in [0.1, 0.15) is 68.6 Å². The molecule has 0 spiro atoms. The Bertz CT molecular complexity index is 1090. The monoisotopic (exact) mass is 440 g/mol. The van der Waals surface area contributed by atoms with Gasteiger partial charge >= 0.3 is 5.97 Å². The quantitative estimate of drug-likeness (QED) is 0.486. The van der Waals surface area contributed by atoms with Crippen LogP contribution >= 0.6 is 11.6 Å². The first-order valence-corrected chi connectivity index (χ1v) is 11.6. The third kappa shape index (κ3) is 4.74. The van der Waals surface area contributed by atoms with Crippen LogP contribution in [0.2, 0.25) is 5.02 Å². The van der Waals surface area contributed by atoms with E-state index < -0.39 is 5.97 Å². The van der Waals surface area contributed by atoms with E-state index in [4.69, 9.17) is 11.6 Å². The maximum absolute atomic E-state index is 11.8. The van der Waals surface area contributed by atoms with E-state index in [-0.39, 0.29) is 5.82 Å². The number of hydrogen-bond acceptors (Lipinski definition) is 4. The Morgan fingerprint density at radius 2 is 2.00 bits per heavy atom. The number of nitrogens with zero attached hydrogens (tertiary/aromatic N) is 4. The first-order valence-electron chi connectivity index (χ1n) is 11.2. The molecule has 1 aliphatic carbocycles. The molecule has 3 aromatic heterocycles. The topological polar surface area (TPSA) is 80.9 Å². The summed E-state index contributed by atoms with van der Waals surface area (Å²) in [7, 11) is 0. The van der Waals surface area contributed by atoms with Crippen LogP contribution in [0.15, 0.2) is 24.7 Å². The van der Waals surface area contributed by atoms with E-state index in [0.29, 0.717) is 22.2 Å². The molecule has 0 aliphatic heterocycles. The fourth-order valence-electron chi connectivity index (χ4n) is 4.59. The first kappa shape index (κ1) is 21.8. The number of aromatic carboxylic acids is 1. The molecule has 0 atom stereocenters. The van der Waals surface area contributed by atoms with Gasteiger partial charge in [-0.05, 0) is 49.1 Å². The molecule has 164 valence electrons. The lowest BCUT2D eigenvalue weighted by Crippen LogP contribution is -2.17. The number of aromatic nitrogens is 4. The van der Waals surface area contributed by atoms with E-state index >= 15 is 0 Å². The number of rotatable bonds is 7. The minimum absolute atomic E-state index is 0.190. The van der Waals surface area contributed by atoms with Crippen molar-refractivity contribution in [2.24, 2.45) is 11.8 Å². The Morgan fingerprint density at radius 1 is 1.23 bits per heavy atom. The molecule has 7 heteroatoms. The standard InChI is InChI=1S/C24H29ClN4O2/c1-3-4-5-17-14-29(13-16-8-6-15(2)7-9-16)22-20(17)27-23(24(30)31)28-21(22)18-10-19(25)12-26-11-18/h10-12,14-16H,3-9,13H2,1-2H3,(H,30,31). The number of hydrogen-bond donors (Lipinski definition) is 1. The van der Waals surface area contributed by atoms with Crippen LogP contribution in [0.5, 0.6) is 0 Å². The molecule has 1 fully saturated rings. The van der Waals surface area contributed by atoms with Crippen LogP contribution in [-0.2, 0) is 13.0 Å². The van der Waals surface area contributed by atoms with Gasteiger partial charge in [-0.2, -0.15) is 0 Å². The minimum Gasteiger partial charge on any atom is -0.475 e. The highest BCUT2D eigenvalue weighted by Gasteiger charge is 2.24. The zero-order chi connectivity index (χ0) is 22.0. The molecule has 0 saturated heterocycles. The van der Waals surface area contributed by atoms with Gasteiger partial charge in [0.1, 0.15) is 5.69 Å². The van der Waals surface area contributed by atoms with Crippen LogP contribution in [0, 0.1) is 11.8 Å². The summed E-state index contributed by atoms with van der Waals surface area (Å²) in [5.41, 5.74) is 4.01. The largest absolute Gasteiger partial charge is 0.475 e. The van der Waals surface area contributed by atoms with E-state index in [1.165, 1.54) is 25.7 Å². The van der Waals surface area contributed by atoms with E-state index in [1.807, 2.05) is 0 Å². The molecule has 0 aromatic carbocycles. The van der Waals surface area contributed by atoms with Crippen molar-refractivity contribution >= 4 is 28.6 Å². The van der Waals surface area contributed by atoms with Crippen molar-refractivity contribution in [1.82, 2.24) is 19.5 Å². The number of aryl methyl sites for hydroxylation is 1. The number of pyridine rings is 1. The second-order valence-corrected chi connectivity index (χ2v) is 9.26. The van der Waals surface area contributed by atoms with Crippen LogP contribution in [0.25, 0.3) is 22.3 Å². The number of carbonyl (C=O) groups is 1. The predicted octanol–water partition coefficient (Wildman–Crippen LogP) is 6.01. The molecule has 0 amide bonds. The maximum atomic E-state index is 11.8. The fourth-order valence-corrected chi connectivity index (χ4v) is 4.76. The molecule has 1 saturated carbocycles. The molecule has 0 bridgehead atoms. The van der Waals surface area contributed by atoms with Gasteiger partial charge in [-0.15, -0.1) is 0 Å². The summed E-state index contributed by atoms with van der Waals surface area (Å²) in [5.74, 6) is 0.0840. The summed E-state index contributed by atoms with van der Waals surface area (Å²) >= 11 is 6.20. The molecule has 6 nitrogen and oxygen atoms in total. The lowest BCUT2D eigenvalue weighted by atomic mass is 9.83. The van der Waals surface area contributed by atoms with Gasteiger partial charge in [-0.25, -0.2) is 14.8 Å². The zero-order valence-electron chi connectivity index (χ0n) is 18.1.